The Hall–Kier alpha value is -2.63. The summed E-state index contributed by atoms with van der Waals surface area (Å²) < 4.78 is 37.9. The number of carbonyl (C=O) groups excluding carboxylic acids is 2. The largest absolute Gasteiger partial charge is 0.416 e. The van der Waals surface area contributed by atoms with Crippen LogP contribution in [0.5, 0.6) is 0 Å². The summed E-state index contributed by atoms with van der Waals surface area (Å²) in [6.45, 7) is 6.52. The molecule has 144 valence electrons. The molecule has 0 unspecified atom stereocenters. The highest BCUT2D eigenvalue weighted by Gasteiger charge is 2.45. The zero-order valence-electron chi connectivity index (χ0n) is 15.6. The van der Waals surface area contributed by atoms with E-state index in [2.05, 4.69) is 5.32 Å². The Labute approximate surface area is 156 Å². The Bertz CT molecular complexity index is 823. The third kappa shape index (κ3) is 4.38. The van der Waals surface area contributed by atoms with E-state index in [1.165, 1.54) is 26.0 Å². The van der Waals surface area contributed by atoms with Crippen LogP contribution in [-0.2, 0) is 21.2 Å². The molecule has 0 saturated heterocycles. The fourth-order valence-corrected chi connectivity index (χ4v) is 2.90. The fraction of sp³-hybridized carbons (Fsp3) is 0.333. The first kappa shape index (κ1) is 20.7. The molecule has 0 atom stereocenters. The van der Waals surface area contributed by atoms with Gasteiger partial charge in [0.2, 0.25) is 5.91 Å². The summed E-state index contributed by atoms with van der Waals surface area (Å²) >= 11 is 0. The van der Waals surface area contributed by atoms with Crippen molar-refractivity contribution in [3.63, 3.8) is 0 Å². The van der Waals surface area contributed by atoms with E-state index in [-0.39, 0.29) is 11.5 Å². The highest BCUT2D eigenvalue weighted by molar-refractivity contribution is 6.13. The molecule has 0 fully saturated rings. The monoisotopic (exact) mass is 377 g/mol. The third-order valence-corrected chi connectivity index (χ3v) is 4.67. The molecule has 0 aromatic heterocycles. The molecule has 0 aliphatic rings. The van der Waals surface area contributed by atoms with Crippen LogP contribution >= 0.6 is 0 Å². The van der Waals surface area contributed by atoms with Gasteiger partial charge in [-0.1, -0.05) is 30.3 Å². The first-order valence-corrected chi connectivity index (χ1v) is 8.46. The molecule has 0 aliphatic carbocycles. The van der Waals surface area contributed by atoms with Gasteiger partial charge in [0, 0.05) is 11.1 Å². The predicted molar refractivity (Wildman–Crippen MR) is 98.3 cm³/mol. The van der Waals surface area contributed by atoms with Gasteiger partial charge in [-0.15, -0.1) is 0 Å². The van der Waals surface area contributed by atoms with Gasteiger partial charge in [0.25, 0.3) is 0 Å². The van der Waals surface area contributed by atoms with Gasteiger partial charge in [-0.25, -0.2) is 0 Å². The maximum atomic E-state index is 13.1. The zero-order chi connectivity index (χ0) is 20.5. The lowest BCUT2D eigenvalue weighted by Crippen LogP contribution is -2.46. The minimum Gasteiger partial charge on any atom is -0.325 e. The van der Waals surface area contributed by atoms with Crippen LogP contribution in [0.1, 0.15) is 38.8 Å². The number of hydrogen-bond donors (Lipinski definition) is 1. The topological polar surface area (TPSA) is 46.2 Å². The van der Waals surface area contributed by atoms with E-state index in [9.17, 15) is 22.8 Å². The number of halogens is 3. The molecule has 0 bridgehead atoms. The van der Waals surface area contributed by atoms with Gasteiger partial charge >= 0.3 is 6.18 Å². The molecule has 0 spiro atoms. The molecule has 0 radical (unpaired) electrons. The lowest BCUT2D eigenvalue weighted by molar-refractivity contribution is -0.140. The molecule has 2 aromatic carbocycles. The first-order chi connectivity index (χ1) is 12.4. The van der Waals surface area contributed by atoms with Crippen molar-refractivity contribution >= 4 is 17.4 Å². The van der Waals surface area contributed by atoms with Gasteiger partial charge in [-0.3, -0.25) is 9.59 Å². The van der Waals surface area contributed by atoms with Crippen LogP contribution < -0.4 is 5.32 Å². The summed E-state index contributed by atoms with van der Waals surface area (Å²) in [6.07, 6.45) is -4.45. The van der Waals surface area contributed by atoms with E-state index >= 15 is 0 Å². The average Bonchev–Trinajstić information content (AvgIpc) is 2.61. The maximum Gasteiger partial charge on any atom is 0.416 e. The standard InChI is InChI=1S/C21H22F3NO2/c1-19(2,14-8-6-5-7-9-14)17(26)20(3,4)18(27)25-16-12-10-15(11-13-16)21(22,23)24/h5-13H,1-4H3,(H,25,27). The van der Waals surface area contributed by atoms with E-state index in [0.717, 1.165) is 17.7 Å². The highest BCUT2D eigenvalue weighted by Crippen LogP contribution is 2.34. The zero-order valence-corrected chi connectivity index (χ0v) is 15.6. The quantitative estimate of drug-likeness (QED) is 0.727. The normalized spacial score (nSPS) is 12.6. The molecular weight excluding hydrogens is 355 g/mol. The van der Waals surface area contributed by atoms with E-state index < -0.39 is 28.5 Å². The van der Waals surface area contributed by atoms with Gasteiger partial charge in [-0.05, 0) is 57.5 Å². The first-order valence-electron chi connectivity index (χ1n) is 8.46. The summed E-state index contributed by atoms with van der Waals surface area (Å²) in [5, 5.41) is 2.54. The number of carbonyl (C=O) groups is 2. The summed E-state index contributed by atoms with van der Waals surface area (Å²) in [5.74, 6) is -0.859. The molecule has 1 N–H and O–H groups in total. The Morgan fingerprint density at radius 1 is 0.778 bits per heavy atom. The predicted octanol–water partition coefficient (Wildman–Crippen LogP) is 5.22. The lowest BCUT2D eigenvalue weighted by Gasteiger charge is -2.32. The number of benzene rings is 2. The van der Waals surface area contributed by atoms with Crippen molar-refractivity contribution in [1.29, 1.82) is 0 Å². The Morgan fingerprint density at radius 3 is 1.78 bits per heavy atom. The van der Waals surface area contributed by atoms with Gasteiger partial charge in [0.05, 0.1) is 5.56 Å². The van der Waals surface area contributed by atoms with Crippen molar-refractivity contribution in [2.24, 2.45) is 5.41 Å². The molecule has 2 rings (SSSR count). The Balaban J connectivity index is 2.20. The molecule has 27 heavy (non-hydrogen) atoms. The molecule has 0 aliphatic heterocycles. The number of amides is 1. The summed E-state index contributed by atoms with van der Waals surface area (Å²) in [7, 11) is 0. The number of hydrogen-bond acceptors (Lipinski definition) is 2. The van der Waals surface area contributed by atoms with Crippen molar-refractivity contribution in [3.05, 3.63) is 65.7 Å². The highest BCUT2D eigenvalue weighted by atomic mass is 19.4. The second-order valence-corrected chi connectivity index (χ2v) is 7.47. The summed E-state index contributed by atoms with van der Waals surface area (Å²) in [4.78, 5) is 25.8. The van der Waals surface area contributed by atoms with Crippen LogP contribution in [0.3, 0.4) is 0 Å². The average molecular weight is 377 g/mol. The van der Waals surface area contributed by atoms with Crippen LogP contribution in [0.4, 0.5) is 18.9 Å². The van der Waals surface area contributed by atoms with Crippen molar-refractivity contribution in [3.8, 4) is 0 Å². The molecule has 2 aromatic rings. The minimum atomic E-state index is -4.45. The van der Waals surface area contributed by atoms with Crippen LogP contribution in [0.2, 0.25) is 0 Å². The van der Waals surface area contributed by atoms with Crippen molar-refractivity contribution in [1.82, 2.24) is 0 Å². The van der Waals surface area contributed by atoms with E-state index in [1.807, 2.05) is 30.3 Å². The minimum absolute atomic E-state index is 0.200. The van der Waals surface area contributed by atoms with Crippen LogP contribution in [0.15, 0.2) is 54.6 Å². The van der Waals surface area contributed by atoms with Gasteiger partial charge in [-0.2, -0.15) is 13.2 Å². The number of ketones is 1. The molecule has 6 heteroatoms. The second kappa shape index (κ2) is 7.18. The maximum absolute atomic E-state index is 13.1. The van der Waals surface area contributed by atoms with Gasteiger partial charge in [0.1, 0.15) is 5.41 Å². The molecular formula is C21H22F3NO2. The smallest absolute Gasteiger partial charge is 0.325 e. The fourth-order valence-electron chi connectivity index (χ4n) is 2.90. The second-order valence-electron chi connectivity index (χ2n) is 7.47. The van der Waals surface area contributed by atoms with Gasteiger partial charge < -0.3 is 5.32 Å². The van der Waals surface area contributed by atoms with Crippen molar-refractivity contribution in [2.45, 2.75) is 39.3 Å². The van der Waals surface area contributed by atoms with E-state index in [4.69, 9.17) is 0 Å². The Morgan fingerprint density at radius 2 is 1.30 bits per heavy atom. The lowest BCUT2D eigenvalue weighted by atomic mass is 9.69. The van der Waals surface area contributed by atoms with Crippen LogP contribution in [0.25, 0.3) is 0 Å². The van der Waals surface area contributed by atoms with Crippen LogP contribution in [0, 0.1) is 5.41 Å². The van der Waals surface area contributed by atoms with Crippen molar-refractivity contribution in [2.75, 3.05) is 5.32 Å². The van der Waals surface area contributed by atoms with Crippen LogP contribution in [-0.4, -0.2) is 11.7 Å². The number of nitrogens with one attached hydrogen (secondary N) is 1. The summed E-state index contributed by atoms with van der Waals surface area (Å²) in [6, 6.07) is 13.2. The number of alkyl halides is 3. The van der Waals surface area contributed by atoms with E-state index in [0.29, 0.717) is 0 Å². The molecule has 3 nitrogen and oxygen atoms in total. The molecule has 0 heterocycles. The molecule has 1 amide bonds. The number of Topliss-reactive ketones (excluding diaryl/α,β-unsaturated/α-hetero) is 1. The number of rotatable bonds is 5. The Kier molecular flexibility index (Phi) is 5.50. The SMILES string of the molecule is CC(C)(C(=O)Nc1ccc(C(F)(F)F)cc1)C(=O)C(C)(C)c1ccccc1. The van der Waals surface area contributed by atoms with Gasteiger partial charge in [0.15, 0.2) is 5.78 Å². The third-order valence-electron chi connectivity index (χ3n) is 4.67. The van der Waals surface area contributed by atoms with Crippen molar-refractivity contribution < 1.29 is 22.8 Å². The number of anilines is 1. The van der Waals surface area contributed by atoms with E-state index in [1.54, 1.807) is 13.8 Å². The molecule has 0 saturated carbocycles. The summed E-state index contributed by atoms with van der Waals surface area (Å²) in [5.41, 5.74) is -2.09.